The molecule has 0 saturated heterocycles. The molecule has 0 aliphatic heterocycles. The van der Waals surface area contributed by atoms with Gasteiger partial charge in [0.15, 0.2) is 6.29 Å². The number of methoxy groups -OCH3 is 2. The number of hydrogen-bond acceptors (Lipinski definition) is 3. The summed E-state index contributed by atoms with van der Waals surface area (Å²) < 4.78 is 9.42. The van der Waals surface area contributed by atoms with E-state index < -0.39 is 12.4 Å². The molecule has 0 aromatic rings. The van der Waals surface area contributed by atoms with Gasteiger partial charge in [-0.3, -0.25) is 0 Å². The topological polar surface area (TPSA) is 38.7 Å². The third-order valence-electron chi connectivity index (χ3n) is 0.985. The minimum absolute atomic E-state index is 0.595. The lowest BCUT2D eigenvalue weighted by molar-refractivity contribution is -0.149. The first-order valence-corrected chi connectivity index (χ1v) is 2.62. The number of aliphatic hydroxyl groups excluding tert-OH is 1. The maximum absolute atomic E-state index is 8.95. The molecule has 0 fully saturated rings. The Morgan fingerprint density at radius 2 is 1.89 bits per heavy atom. The highest BCUT2D eigenvalue weighted by molar-refractivity contribution is 4.80. The Morgan fingerprint density at radius 1 is 1.44 bits per heavy atom. The van der Waals surface area contributed by atoms with E-state index in [2.05, 4.69) is 6.58 Å². The normalized spacial score (nSPS) is 13.8. The SMILES string of the molecule is C=CC(O)C(OC)OC. The summed E-state index contributed by atoms with van der Waals surface area (Å²) in [4.78, 5) is 0. The van der Waals surface area contributed by atoms with Gasteiger partial charge in [-0.05, 0) is 0 Å². The van der Waals surface area contributed by atoms with Crippen LogP contribution in [0.1, 0.15) is 0 Å². The van der Waals surface area contributed by atoms with E-state index in [1.54, 1.807) is 0 Å². The minimum atomic E-state index is -0.750. The average molecular weight is 132 g/mol. The number of hydrogen-bond donors (Lipinski definition) is 1. The van der Waals surface area contributed by atoms with Crippen molar-refractivity contribution in [3.05, 3.63) is 12.7 Å². The lowest BCUT2D eigenvalue weighted by Gasteiger charge is -2.15. The maximum Gasteiger partial charge on any atom is 0.186 e. The first kappa shape index (κ1) is 8.62. The molecule has 0 aliphatic rings. The Balaban J connectivity index is 3.63. The van der Waals surface area contributed by atoms with Crippen LogP contribution in [0.4, 0.5) is 0 Å². The predicted octanol–water partition coefficient (Wildman–Crippen LogP) is 0.152. The van der Waals surface area contributed by atoms with E-state index in [0.717, 1.165) is 0 Å². The van der Waals surface area contributed by atoms with Gasteiger partial charge in [0.1, 0.15) is 6.10 Å². The van der Waals surface area contributed by atoms with E-state index in [1.165, 1.54) is 20.3 Å². The molecule has 0 bridgehead atoms. The third kappa shape index (κ3) is 2.60. The Kier molecular flexibility index (Phi) is 4.30. The molecular weight excluding hydrogens is 120 g/mol. The van der Waals surface area contributed by atoms with E-state index in [9.17, 15) is 0 Å². The molecule has 0 rings (SSSR count). The van der Waals surface area contributed by atoms with E-state index in [4.69, 9.17) is 14.6 Å². The standard InChI is InChI=1S/C6H12O3/c1-4-5(7)6(8-2)9-3/h4-7H,1H2,2-3H3. The molecule has 0 amide bonds. The molecule has 9 heavy (non-hydrogen) atoms. The molecule has 0 heterocycles. The maximum atomic E-state index is 8.95. The molecule has 0 spiro atoms. The van der Waals surface area contributed by atoms with E-state index in [1.807, 2.05) is 0 Å². The lowest BCUT2D eigenvalue weighted by Crippen LogP contribution is -2.27. The van der Waals surface area contributed by atoms with Crippen LogP contribution < -0.4 is 0 Å². The van der Waals surface area contributed by atoms with Crippen LogP contribution in [0.3, 0.4) is 0 Å². The molecule has 1 N–H and O–H groups in total. The van der Waals surface area contributed by atoms with Gasteiger partial charge in [-0.25, -0.2) is 0 Å². The molecule has 0 radical (unpaired) electrons. The zero-order chi connectivity index (χ0) is 7.28. The van der Waals surface area contributed by atoms with Crippen molar-refractivity contribution in [2.45, 2.75) is 12.4 Å². The van der Waals surface area contributed by atoms with Crippen molar-refractivity contribution in [3.63, 3.8) is 0 Å². The summed E-state index contributed by atoms with van der Waals surface area (Å²) in [5.74, 6) is 0. The number of aliphatic hydroxyl groups is 1. The van der Waals surface area contributed by atoms with Gasteiger partial charge in [0.2, 0.25) is 0 Å². The van der Waals surface area contributed by atoms with Crippen LogP contribution in [0.15, 0.2) is 12.7 Å². The fraction of sp³-hybridized carbons (Fsp3) is 0.667. The Bertz CT molecular complexity index is 78.4. The predicted molar refractivity (Wildman–Crippen MR) is 34.0 cm³/mol. The largest absolute Gasteiger partial charge is 0.384 e. The van der Waals surface area contributed by atoms with E-state index >= 15 is 0 Å². The summed E-state index contributed by atoms with van der Waals surface area (Å²) in [5, 5.41) is 8.95. The number of ether oxygens (including phenoxy) is 2. The molecule has 3 nitrogen and oxygen atoms in total. The molecule has 0 aromatic carbocycles. The van der Waals surface area contributed by atoms with Crippen molar-refractivity contribution in [1.29, 1.82) is 0 Å². The van der Waals surface area contributed by atoms with Gasteiger partial charge >= 0.3 is 0 Å². The van der Waals surface area contributed by atoms with Gasteiger partial charge in [0.25, 0.3) is 0 Å². The zero-order valence-electron chi connectivity index (χ0n) is 5.70. The molecule has 0 aliphatic carbocycles. The molecule has 0 aromatic heterocycles. The van der Waals surface area contributed by atoms with Crippen LogP contribution in [0.5, 0.6) is 0 Å². The summed E-state index contributed by atoms with van der Waals surface area (Å²) in [7, 11) is 2.92. The summed E-state index contributed by atoms with van der Waals surface area (Å²) in [6.45, 7) is 3.37. The van der Waals surface area contributed by atoms with Crippen LogP contribution in [0.2, 0.25) is 0 Å². The Hall–Kier alpha value is -0.380. The highest BCUT2D eigenvalue weighted by atomic mass is 16.7. The fourth-order valence-corrected chi connectivity index (χ4v) is 0.486. The molecule has 0 saturated carbocycles. The zero-order valence-corrected chi connectivity index (χ0v) is 5.70. The summed E-state index contributed by atoms with van der Waals surface area (Å²) in [5.41, 5.74) is 0. The smallest absolute Gasteiger partial charge is 0.186 e. The van der Waals surface area contributed by atoms with Crippen LogP contribution in [0.25, 0.3) is 0 Å². The first-order valence-electron chi connectivity index (χ1n) is 2.62. The van der Waals surface area contributed by atoms with Crippen molar-refractivity contribution in [1.82, 2.24) is 0 Å². The van der Waals surface area contributed by atoms with Gasteiger partial charge < -0.3 is 14.6 Å². The minimum Gasteiger partial charge on any atom is -0.384 e. The average Bonchev–Trinajstić information content (AvgIpc) is 1.90. The summed E-state index contributed by atoms with van der Waals surface area (Å²) in [6, 6.07) is 0. The highest BCUT2D eigenvalue weighted by Crippen LogP contribution is 1.98. The van der Waals surface area contributed by atoms with Crippen LogP contribution >= 0.6 is 0 Å². The quantitative estimate of drug-likeness (QED) is 0.437. The van der Waals surface area contributed by atoms with Crippen LogP contribution in [-0.2, 0) is 9.47 Å². The molecule has 1 unspecified atom stereocenters. The van der Waals surface area contributed by atoms with Crippen molar-refractivity contribution in [2.24, 2.45) is 0 Å². The molecule has 54 valence electrons. The van der Waals surface area contributed by atoms with Crippen molar-refractivity contribution in [3.8, 4) is 0 Å². The monoisotopic (exact) mass is 132 g/mol. The fourth-order valence-electron chi connectivity index (χ4n) is 0.486. The Morgan fingerprint density at radius 3 is 2.00 bits per heavy atom. The second kappa shape index (κ2) is 4.49. The van der Waals surface area contributed by atoms with Crippen molar-refractivity contribution < 1.29 is 14.6 Å². The van der Waals surface area contributed by atoms with Crippen LogP contribution in [0, 0.1) is 0 Å². The van der Waals surface area contributed by atoms with Gasteiger partial charge in [-0.2, -0.15) is 0 Å². The van der Waals surface area contributed by atoms with Gasteiger partial charge in [0.05, 0.1) is 0 Å². The van der Waals surface area contributed by atoms with E-state index in [0.29, 0.717) is 0 Å². The lowest BCUT2D eigenvalue weighted by atomic mass is 10.3. The van der Waals surface area contributed by atoms with Gasteiger partial charge in [-0.1, -0.05) is 6.08 Å². The van der Waals surface area contributed by atoms with Crippen molar-refractivity contribution >= 4 is 0 Å². The summed E-state index contributed by atoms with van der Waals surface area (Å²) in [6.07, 6.45) is 0.0139. The van der Waals surface area contributed by atoms with Gasteiger partial charge in [0, 0.05) is 14.2 Å². The molecular formula is C6H12O3. The third-order valence-corrected chi connectivity index (χ3v) is 0.985. The Labute approximate surface area is 54.9 Å². The summed E-state index contributed by atoms with van der Waals surface area (Å²) >= 11 is 0. The molecule has 1 atom stereocenters. The molecule has 3 heteroatoms. The number of rotatable bonds is 4. The van der Waals surface area contributed by atoms with E-state index in [-0.39, 0.29) is 0 Å². The van der Waals surface area contributed by atoms with Crippen LogP contribution in [-0.4, -0.2) is 31.7 Å². The van der Waals surface area contributed by atoms with Crippen molar-refractivity contribution in [2.75, 3.05) is 14.2 Å². The second-order valence-electron chi connectivity index (χ2n) is 1.57. The van der Waals surface area contributed by atoms with Gasteiger partial charge in [-0.15, -0.1) is 6.58 Å². The highest BCUT2D eigenvalue weighted by Gasteiger charge is 2.12. The second-order valence-corrected chi connectivity index (χ2v) is 1.57. The first-order chi connectivity index (χ1) is 4.26.